The Bertz CT molecular complexity index is 1450. The molecule has 0 fully saturated rings. The summed E-state index contributed by atoms with van der Waals surface area (Å²) in [5.74, 6) is -1.53. The lowest BCUT2D eigenvalue weighted by Gasteiger charge is -2.14. The van der Waals surface area contributed by atoms with E-state index in [-0.39, 0.29) is 36.1 Å². The van der Waals surface area contributed by atoms with Gasteiger partial charge >= 0.3 is 12.1 Å². The summed E-state index contributed by atoms with van der Waals surface area (Å²) >= 11 is 0. The van der Waals surface area contributed by atoms with E-state index in [0.29, 0.717) is 16.3 Å². The van der Waals surface area contributed by atoms with Gasteiger partial charge in [0.15, 0.2) is 5.78 Å². The number of hydrogen-bond acceptors (Lipinski definition) is 5. The Kier molecular flexibility index (Phi) is 5.66. The number of rotatable bonds is 6. The van der Waals surface area contributed by atoms with Crippen LogP contribution in [0, 0.1) is 0 Å². The summed E-state index contributed by atoms with van der Waals surface area (Å²) in [6.45, 7) is -0.0909. The van der Waals surface area contributed by atoms with Crippen LogP contribution in [-0.4, -0.2) is 36.1 Å². The number of Topliss-reactive ketones (excluding diaryl/α,β-unsaturated/α-hetero) is 1. The first-order valence-electron chi connectivity index (χ1n) is 11.1. The molecular weight excluding hydrogens is 444 g/mol. The predicted molar refractivity (Wildman–Crippen MR) is 133 cm³/mol. The first kappa shape index (κ1) is 22.2. The van der Waals surface area contributed by atoms with E-state index in [4.69, 9.17) is 10.5 Å². The molecular formula is C28H22N2O5. The number of benzene rings is 4. The van der Waals surface area contributed by atoms with Gasteiger partial charge in [-0.1, -0.05) is 66.7 Å². The van der Waals surface area contributed by atoms with Gasteiger partial charge in [-0.2, -0.15) is 0 Å². The molecule has 0 unspecified atom stereocenters. The summed E-state index contributed by atoms with van der Waals surface area (Å²) in [5, 5.41) is 12.9. The van der Waals surface area contributed by atoms with Crippen LogP contribution in [0.2, 0.25) is 0 Å². The number of fused-ring (bicyclic) bond motifs is 4. The van der Waals surface area contributed by atoms with Crippen molar-refractivity contribution in [3.8, 4) is 11.1 Å². The molecule has 4 aromatic rings. The van der Waals surface area contributed by atoms with Crippen LogP contribution in [0.1, 0.15) is 37.8 Å². The molecule has 0 saturated carbocycles. The summed E-state index contributed by atoms with van der Waals surface area (Å²) in [6, 6.07) is 23.9. The van der Waals surface area contributed by atoms with Gasteiger partial charge in [-0.05, 0) is 45.2 Å². The Morgan fingerprint density at radius 1 is 0.886 bits per heavy atom. The predicted octanol–water partition coefficient (Wildman–Crippen LogP) is 4.84. The Morgan fingerprint density at radius 2 is 1.54 bits per heavy atom. The van der Waals surface area contributed by atoms with E-state index in [9.17, 15) is 19.5 Å². The number of nitrogens with two attached hydrogens (primary N) is 1. The fourth-order valence-electron chi connectivity index (χ4n) is 4.66. The number of aromatic carboxylic acids is 1. The van der Waals surface area contributed by atoms with Gasteiger partial charge in [-0.15, -0.1) is 0 Å². The molecule has 7 heteroatoms. The Labute approximate surface area is 201 Å². The maximum atomic E-state index is 12.7. The number of alkyl carbamates (subject to hydrolysis) is 1. The van der Waals surface area contributed by atoms with E-state index in [0.717, 1.165) is 22.3 Å². The van der Waals surface area contributed by atoms with E-state index < -0.39 is 12.1 Å². The molecule has 4 N–H and O–H groups in total. The van der Waals surface area contributed by atoms with Crippen molar-refractivity contribution in [2.45, 2.75) is 5.92 Å². The van der Waals surface area contributed by atoms with Gasteiger partial charge < -0.3 is 20.9 Å². The van der Waals surface area contributed by atoms with Gasteiger partial charge in [0.25, 0.3) is 0 Å². The number of carbonyl (C=O) groups excluding carboxylic acids is 2. The van der Waals surface area contributed by atoms with Crippen molar-refractivity contribution in [1.29, 1.82) is 0 Å². The second kappa shape index (κ2) is 8.95. The number of ketones is 1. The molecule has 0 bridgehead atoms. The van der Waals surface area contributed by atoms with Crippen LogP contribution in [0.4, 0.5) is 10.5 Å². The fraction of sp³-hybridized carbons (Fsp3) is 0.107. The lowest BCUT2D eigenvalue weighted by molar-refractivity contribution is 0.0700. The van der Waals surface area contributed by atoms with Crippen LogP contribution in [-0.2, 0) is 4.74 Å². The van der Waals surface area contributed by atoms with Gasteiger partial charge in [0.05, 0.1) is 12.1 Å². The van der Waals surface area contributed by atoms with Crippen molar-refractivity contribution in [2.24, 2.45) is 0 Å². The van der Waals surface area contributed by atoms with Crippen molar-refractivity contribution in [3.63, 3.8) is 0 Å². The first-order valence-corrected chi connectivity index (χ1v) is 11.1. The molecule has 4 aromatic carbocycles. The SMILES string of the molecule is Nc1ccc2cc(C(=O)CNC(=O)OCC3c4ccccc4-c4ccccc43)ccc2c1C(=O)O. The van der Waals surface area contributed by atoms with Crippen molar-refractivity contribution in [2.75, 3.05) is 18.9 Å². The van der Waals surface area contributed by atoms with E-state index in [1.165, 1.54) is 12.1 Å². The molecule has 0 aliphatic heterocycles. The minimum absolute atomic E-state index is 0.00161. The van der Waals surface area contributed by atoms with E-state index in [1.54, 1.807) is 18.2 Å². The summed E-state index contributed by atoms with van der Waals surface area (Å²) in [7, 11) is 0. The van der Waals surface area contributed by atoms with Crippen LogP contribution in [0.15, 0.2) is 78.9 Å². The van der Waals surface area contributed by atoms with Gasteiger partial charge in [0.1, 0.15) is 6.61 Å². The number of carbonyl (C=O) groups is 3. The van der Waals surface area contributed by atoms with Crippen molar-refractivity contribution >= 4 is 34.3 Å². The highest BCUT2D eigenvalue weighted by Gasteiger charge is 2.29. The average molecular weight is 466 g/mol. The standard InChI is InChI=1S/C28H22N2O5/c29-24-12-10-16-13-17(9-11-18(16)26(24)27(32)33)25(31)14-30-28(34)35-15-23-21-7-3-1-5-19(21)20-6-2-4-8-22(20)23/h1-13,23H,14-15,29H2,(H,30,34)(H,32,33). The zero-order valence-electron chi connectivity index (χ0n) is 18.7. The van der Waals surface area contributed by atoms with Crippen LogP contribution in [0.25, 0.3) is 21.9 Å². The minimum atomic E-state index is -1.14. The third kappa shape index (κ3) is 4.08. The summed E-state index contributed by atoms with van der Waals surface area (Å²) in [4.78, 5) is 36.5. The number of amides is 1. The molecule has 1 aliphatic rings. The molecule has 0 heterocycles. The third-order valence-electron chi connectivity index (χ3n) is 6.32. The Hall–Kier alpha value is -4.65. The Morgan fingerprint density at radius 3 is 2.20 bits per heavy atom. The number of nitrogens with one attached hydrogen (secondary N) is 1. The monoisotopic (exact) mass is 466 g/mol. The van der Waals surface area contributed by atoms with Crippen molar-refractivity contribution in [1.82, 2.24) is 5.32 Å². The number of carboxylic acids is 1. The second-order valence-corrected chi connectivity index (χ2v) is 8.37. The molecule has 0 saturated heterocycles. The van der Waals surface area contributed by atoms with Gasteiger partial charge in [0.2, 0.25) is 0 Å². The van der Waals surface area contributed by atoms with E-state index in [2.05, 4.69) is 17.4 Å². The number of hydrogen-bond donors (Lipinski definition) is 3. The highest BCUT2D eigenvalue weighted by atomic mass is 16.5. The lowest BCUT2D eigenvalue weighted by atomic mass is 9.98. The van der Waals surface area contributed by atoms with Crippen LogP contribution >= 0.6 is 0 Å². The molecule has 35 heavy (non-hydrogen) atoms. The summed E-state index contributed by atoms with van der Waals surface area (Å²) in [6.07, 6.45) is -0.679. The number of ether oxygens (including phenoxy) is 1. The van der Waals surface area contributed by atoms with E-state index >= 15 is 0 Å². The van der Waals surface area contributed by atoms with Gasteiger partial charge in [-0.3, -0.25) is 4.79 Å². The zero-order chi connectivity index (χ0) is 24.5. The van der Waals surface area contributed by atoms with Crippen LogP contribution < -0.4 is 11.1 Å². The molecule has 0 spiro atoms. The molecule has 1 amide bonds. The quantitative estimate of drug-likeness (QED) is 0.276. The van der Waals surface area contributed by atoms with Crippen molar-refractivity contribution in [3.05, 3.63) is 101 Å². The fourth-order valence-corrected chi connectivity index (χ4v) is 4.66. The summed E-state index contributed by atoms with van der Waals surface area (Å²) < 4.78 is 5.47. The topological polar surface area (TPSA) is 119 Å². The normalized spacial score (nSPS) is 12.1. The molecule has 7 nitrogen and oxygen atoms in total. The van der Waals surface area contributed by atoms with Crippen molar-refractivity contribution < 1.29 is 24.2 Å². The van der Waals surface area contributed by atoms with E-state index in [1.807, 2.05) is 36.4 Å². The highest BCUT2D eigenvalue weighted by Crippen LogP contribution is 2.44. The number of anilines is 1. The smallest absolute Gasteiger partial charge is 0.407 e. The maximum absolute atomic E-state index is 12.7. The summed E-state index contributed by atoms with van der Waals surface area (Å²) in [5.41, 5.74) is 10.8. The van der Waals surface area contributed by atoms with Gasteiger partial charge in [0, 0.05) is 17.2 Å². The first-order chi connectivity index (χ1) is 16.9. The van der Waals surface area contributed by atoms with Crippen LogP contribution in [0.5, 0.6) is 0 Å². The minimum Gasteiger partial charge on any atom is -0.478 e. The molecule has 0 aromatic heterocycles. The van der Waals surface area contributed by atoms with Crippen LogP contribution in [0.3, 0.4) is 0 Å². The largest absolute Gasteiger partial charge is 0.478 e. The molecule has 174 valence electrons. The maximum Gasteiger partial charge on any atom is 0.407 e. The molecule has 1 aliphatic carbocycles. The highest BCUT2D eigenvalue weighted by molar-refractivity contribution is 6.10. The lowest BCUT2D eigenvalue weighted by Crippen LogP contribution is -2.31. The molecule has 5 rings (SSSR count). The second-order valence-electron chi connectivity index (χ2n) is 8.37. The number of carboxylic acid groups (broad SMARTS) is 1. The zero-order valence-corrected chi connectivity index (χ0v) is 18.7. The molecule has 0 atom stereocenters. The third-order valence-corrected chi connectivity index (χ3v) is 6.32. The average Bonchev–Trinajstić information content (AvgIpc) is 3.19. The number of nitrogen functional groups attached to an aromatic ring is 1. The molecule has 0 radical (unpaired) electrons. The van der Waals surface area contributed by atoms with Gasteiger partial charge in [-0.25, -0.2) is 9.59 Å². The Balaban J connectivity index is 1.23.